The molecule has 1 rings (SSSR count). The van der Waals surface area contributed by atoms with Gasteiger partial charge in [0.25, 0.3) is 0 Å². The standard InChI is InChI=1S/C37H63O17P/c1-32(2,3)25(38)46-19-20-21(48-26(39)33(4,5)6)22(49-27(40)34(7,8)9)23(50-28(41)35(10,11)12)24(47-20)53-55(44,45)54-31(51-29(42)36(13,14)15)52-30(43)37(16,17)18/h20-24,31H,19H2,1-18H3,(H,44,45)/t20-,21-,22+,23+,24-/m1/s1. The fraction of sp³-hybridized carbons (Fsp3) is 0.838. The van der Waals surface area contributed by atoms with Crippen molar-refractivity contribution in [2.45, 2.75) is 162 Å². The Balaban J connectivity index is 3.99. The Morgan fingerprint density at radius 3 is 1.20 bits per heavy atom. The lowest BCUT2D eigenvalue weighted by atomic mass is 9.93. The predicted octanol–water partition coefficient (Wildman–Crippen LogP) is 5.77. The zero-order valence-electron chi connectivity index (χ0n) is 35.6. The van der Waals surface area contributed by atoms with Gasteiger partial charge >= 0.3 is 50.1 Å². The van der Waals surface area contributed by atoms with Gasteiger partial charge in [-0.15, -0.1) is 0 Å². The molecule has 18 heteroatoms. The van der Waals surface area contributed by atoms with Crippen LogP contribution in [0.4, 0.5) is 0 Å². The van der Waals surface area contributed by atoms with Gasteiger partial charge < -0.3 is 38.1 Å². The summed E-state index contributed by atoms with van der Waals surface area (Å²) in [5, 5.41) is 0. The second-order valence-corrected chi connectivity index (χ2v) is 20.9. The Bertz CT molecular complexity index is 1430. The largest absolute Gasteiger partial charge is 0.480 e. The summed E-state index contributed by atoms with van der Waals surface area (Å²) < 4.78 is 63.6. The van der Waals surface area contributed by atoms with E-state index in [9.17, 15) is 38.2 Å². The topological polar surface area (TPSA) is 223 Å². The van der Waals surface area contributed by atoms with Crippen molar-refractivity contribution in [3.63, 3.8) is 0 Å². The molecule has 318 valence electrons. The molecule has 0 aromatic carbocycles. The van der Waals surface area contributed by atoms with Crippen molar-refractivity contribution in [2.24, 2.45) is 32.5 Å². The lowest BCUT2D eigenvalue weighted by Gasteiger charge is -2.45. The maximum atomic E-state index is 13.8. The van der Waals surface area contributed by atoms with E-state index in [0.717, 1.165) is 0 Å². The van der Waals surface area contributed by atoms with Gasteiger partial charge in [0.2, 0.25) is 6.29 Å². The van der Waals surface area contributed by atoms with Gasteiger partial charge in [0, 0.05) is 0 Å². The molecule has 0 radical (unpaired) electrons. The summed E-state index contributed by atoms with van der Waals surface area (Å²) in [6.45, 7) is 24.1. The van der Waals surface area contributed by atoms with Crippen molar-refractivity contribution < 1.29 is 80.4 Å². The minimum absolute atomic E-state index is 0.687. The van der Waals surface area contributed by atoms with Crippen molar-refractivity contribution in [2.75, 3.05) is 6.61 Å². The Kier molecular flexibility index (Phi) is 16.0. The summed E-state index contributed by atoms with van der Waals surface area (Å²) in [4.78, 5) is 90.0. The van der Waals surface area contributed by atoms with E-state index in [1.807, 2.05) is 0 Å². The van der Waals surface area contributed by atoms with E-state index >= 15 is 0 Å². The number of rotatable bonds is 11. The molecule has 0 aromatic heterocycles. The van der Waals surface area contributed by atoms with E-state index in [-0.39, 0.29) is 0 Å². The minimum Gasteiger partial charge on any atom is -0.462 e. The zero-order valence-corrected chi connectivity index (χ0v) is 36.5. The quantitative estimate of drug-likeness (QED) is 0.113. The first-order chi connectivity index (χ1) is 24.3. The van der Waals surface area contributed by atoms with Crippen LogP contribution >= 0.6 is 7.82 Å². The van der Waals surface area contributed by atoms with Crippen molar-refractivity contribution in [3.8, 4) is 0 Å². The van der Waals surface area contributed by atoms with Crippen LogP contribution in [-0.4, -0.2) is 84.5 Å². The number of ether oxygens (including phenoxy) is 7. The Morgan fingerprint density at radius 2 is 0.855 bits per heavy atom. The molecule has 1 unspecified atom stereocenters. The summed E-state index contributed by atoms with van der Waals surface area (Å²) >= 11 is 0. The third-order valence-electron chi connectivity index (χ3n) is 7.24. The SMILES string of the molecule is CC(C)(C)C(=O)OC[C@H]1O[C@H](OP(=O)(O)OC(OC(=O)C(C)(C)C)OC(=O)C(C)(C)C)[C@@H](OC(=O)C(C)(C)C)[C@@H](OC(=O)C(C)(C)C)[C@@H]1OC(=O)C(C)(C)C. The van der Waals surface area contributed by atoms with Gasteiger partial charge in [0.1, 0.15) is 12.7 Å². The fourth-order valence-electron chi connectivity index (χ4n) is 3.63. The number of hydrogen-bond acceptors (Lipinski definition) is 16. The average molecular weight is 811 g/mol. The van der Waals surface area contributed by atoms with Gasteiger partial charge in [-0.1, -0.05) is 0 Å². The number of carbonyl (C=O) groups excluding carboxylic acids is 6. The van der Waals surface area contributed by atoms with Crippen molar-refractivity contribution >= 4 is 43.6 Å². The normalized spacial score (nSPS) is 22.5. The van der Waals surface area contributed by atoms with Crippen molar-refractivity contribution in [1.82, 2.24) is 0 Å². The fourth-order valence-corrected chi connectivity index (χ4v) is 4.42. The smallest absolute Gasteiger partial charge is 0.462 e. The molecule has 55 heavy (non-hydrogen) atoms. The Morgan fingerprint density at radius 1 is 0.527 bits per heavy atom. The summed E-state index contributed by atoms with van der Waals surface area (Å²) in [6.07, 6.45) is -9.27. The molecule has 0 aliphatic carbocycles. The molecule has 1 N–H and O–H groups in total. The van der Waals surface area contributed by atoms with Gasteiger partial charge in [-0.05, 0) is 125 Å². The van der Waals surface area contributed by atoms with E-state index in [0.29, 0.717) is 0 Å². The summed E-state index contributed by atoms with van der Waals surface area (Å²) in [7, 11) is -5.64. The zero-order chi connectivity index (χ0) is 43.5. The Labute approximate surface area is 324 Å². The highest BCUT2D eigenvalue weighted by molar-refractivity contribution is 7.47. The summed E-state index contributed by atoms with van der Waals surface area (Å²) in [5.41, 5.74) is -6.99. The van der Waals surface area contributed by atoms with Gasteiger partial charge in [-0.2, -0.15) is 0 Å². The van der Waals surface area contributed by atoms with Gasteiger partial charge in [-0.3, -0.25) is 33.3 Å². The summed E-state index contributed by atoms with van der Waals surface area (Å²) in [5.74, 6) is -5.37. The highest BCUT2D eigenvalue weighted by Crippen LogP contribution is 2.49. The van der Waals surface area contributed by atoms with Crippen LogP contribution in [-0.2, 0) is 75.5 Å². The molecular weight excluding hydrogens is 747 g/mol. The number of esters is 6. The number of carbonyl (C=O) groups is 6. The van der Waals surface area contributed by atoms with Crippen molar-refractivity contribution in [3.05, 3.63) is 0 Å². The van der Waals surface area contributed by atoms with Crippen LogP contribution in [0, 0.1) is 32.5 Å². The highest BCUT2D eigenvalue weighted by atomic mass is 31.2. The molecule has 1 aliphatic rings. The number of phosphoric ester groups is 1. The molecule has 6 atom stereocenters. The molecule has 0 bridgehead atoms. The first-order valence-corrected chi connectivity index (χ1v) is 19.3. The first kappa shape index (κ1) is 49.9. The molecule has 0 amide bonds. The highest BCUT2D eigenvalue weighted by Gasteiger charge is 2.57. The second-order valence-electron chi connectivity index (χ2n) is 19.5. The van der Waals surface area contributed by atoms with E-state index in [1.165, 1.54) is 83.1 Å². The van der Waals surface area contributed by atoms with E-state index in [2.05, 4.69) is 0 Å². The van der Waals surface area contributed by atoms with Crippen LogP contribution in [0.15, 0.2) is 0 Å². The maximum absolute atomic E-state index is 13.8. The molecule has 0 saturated carbocycles. The Hall–Kier alpha value is -3.11. The van der Waals surface area contributed by atoms with Crippen molar-refractivity contribution in [1.29, 1.82) is 0 Å². The first-order valence-electron chi connectivity index (χ1n) is 17.8. The molecule has 1 aliphatic heterocycles. The van der Waals surface area contributed by atoms with Crippen LogP contribution < -0.4 is 0 Å². The monoisotopic (exact) mass is 810 g/mol. The van der Waals surface area contributed by atoms with Crippen LogP contribution in [0.25, 0.3) is 0 Å². The molecule has 17 nitrogen and oxygen atoms in total. The lowest BCUT2D eigenvalue weighted by Crippen LogP contribution is -2.64. The molecule has 1 fully saturated rings. The minimum atomic E-state index is -5.64. The second kappa shape index (κ2) is 17.6. The maximum Gasteiger partial charge on any atom is 0.480 e. The van der Waals surface area contributed by atoms with Crippen LogP contribution in [0.2, 0.25) is 0 Å². The van der Waals surface area contributed by atoms with Crippen LogP contribution in [0.3, 0.4) is 0 Å². The molecular formula is C37H63O17P. The molecule has 1 saturated heterocycles. The lowest BCUT2D eigenvalue weighted by molar-refractivity contribution is -0.300. The third-order valence-corrected chi connectivity index (χ3v) is 8.15. The van der Waals surface area contributed by atoms with Crippen LogP contribution in [0.1, 0.15) is 125 Å². The number of phosphoric acid groups is 1. The molecule has 0 spiro atoms. The number of hydrogen-bond donors (Lipinski definition) is 1. The van der Waals surface area contributed by atoms with E-state index in [4.69, 9.17) is 42.2 Å². The molecule has 0 aromatic rings. The van der Waals surface area contributed by atoms with Crippen LogP contribution in [0.5, 0.6) is 0 Å². The van der Waals surface area contributed by atoms with E-state index < -0.39 is 120 Å². The van der Waals surface area contributed by atoms with Gasteiger partial charge in [-0.25, -0.2) is 9.09 Å². The molecule has 1 heterocycles. The summed E-state index contributed by atoms with van der Waals surface area (Å²) in [6, 6.07) is 0. The van der Waals surface area contributed by atoms with Gasteiger partial charge in [0.05, 0.1) is 32.5 Å². The average Bonchev–Trinajstić information content (AvgIpc) is 2.95. The van der Waals surface area contributed by atoms with Gasteiger partial charge in [0.15, 0.2) is 18.3 Å². The third kappa shape index (κ3) is 15.7. The van der Waals surface area contributed by atoms with E-state index in [1.54, 1.807) is 41.5 Å². The predicted molar refractivity (Wildman–Crippen MR) is 194 cm³/mol.